The molecular weight excluding hydrogens is 384 g/mol. The van der Waals surface area contributed by atoms with E-state index in [9.17, 15) is 29.4 Å². The van der Waals surface area contributed by atoms with Crippen molar-refractivity contribution in [2.75, 3.05) is 6.61 Å². The second-order valence-electron chi connectivity index (χ2n) is 5.36. The molecule has 9 nitrogen and oxygen atoms in total. The Morgan fingerprint density at radius 3 is 1.28 bits per heavy atom. The summed E-state index contributed by atoms with van der Waals surface area (Å²) in [6, 6.07) is 14.8. The summed E-state index contributed by atoms with van der Waals surface area (Å²) in [5.41, 5.74) is 0.0637. The average Bonchev–Trinajstić information content (AvgIpc) is 2.74. The molecule has 0 aliphatic heterocycles. The molecule has 29 heavy (non-hydrogen) atoms. The van der Waals surface area contributed by atoms with E-state index in [2.05, 4.69) is 9.47 Å². The molecule has 9 heteroatoms. The Kier molecular flexibility index (Phi) is 9.89. The second-order valence-corrected chi connectivity index (χ2v) is 5.36. The summed E-state index contributed by atoms with van der Waals surface area (Å²) in [5.74, 6) is -5.27. The topological polar surface area (TPSA) is 147 Å². The number of esters is 4. The van der Waals surface area contributed by atoms with Gasteiger partial charge >= 0.3 is 23.9 Å². The van der Waals surface area contributed by atoms with Gasteiger partial charge in [-0.3, -0.25) is 0 Å². The van der Waals surface area contributed by atoms with Crippen molar-refractivity contribution >= 4 is 23.9 Å². The van der Waals surface area contributed by atoms with Crippen molar-refractivity contribution < 1.29 is 44.0 Å². The molecule has 0 aliphatic rings. The third-order valence-electron chi connectivity index (χ3n) is 3.19. The number of aliphatic hydroxyl groups excluding tert-OH is 3. The molecule has 2 aromatic rings. The van der Waals surface area contributed by atoms with Gasteiger partial charge in [0.2, 0.25) is 0 Å². The maximum atomic E-state index is 11.7. The van der Waals surface area contributed by atoms with E-state index in [1.54, 1.807) is 19.1 Å². The summed E-state index contributed by atoms with van der Waals surface area (Å²) < 4.78 is 8.76. The predicted molar refractivity (Wildman–Crippen MR) is 98.5 cm³/mol. The van der Waals surface area contributed by atoms with Crippen LogP contribution in [0.5, 0.6) is 0 Å². The van der Waals surface area contributed by atoms with Crippen LogP contribution in [0.1, 0.15) is 27.6 Å². The van der Waals surface area contributed by atoms with E-state index in [4.69, 9.17) is 5.11 Å². The van der Waals surface area contributed by atoms with Gasteiger partial charge in [0.1, 0.15) is 0 Å². The monoisotopic (exact) mass is 404 g/mol. The van der Waals surface area contributed by atoms with Gasteiger partial charge in [-0.05, 0) is 31.2 Å². The zero-order chi connectivity index (χ0) is 21.8. The molecule has 0 saturated heterocycles. The lowest BCUT2D eigenvalue weighted by atomic mass is 10.2. The lowest BCUT2D eigenvalue weighted by molar-refractivity contribution is -0.166. The SMILES string of the molecule is CCO.O=C(OC(=O)C(O)C(O)C(=O)OC(=O)c1ccccc1)c1ccccc1. The molecule has 0 saturated carbocycles. The van der Waals surface area contributed by atoms with E-state index in [0.717, 1.165) is 0 Å². The lowest BCUT2D eigenvalue weighted by Crippen LogP contribution is -2.43. The number of hydrogen-bond acceptors (Lipinski definition) is 9. The first-order chi connectivity index (χ1) is 13.8. The van der Waals surface area contributed by atoms with Gasteiger partial charge in [-0.1, -0.05) is 36.4 Å². The smallest absolute Gasteiger partial charge is 0.346 e. The predicted octanol–water partition coefficient (Wildman–Crippen LogP) is 0.474. The molecule has 2 rings (SSSR count). The molecular formula is C20H20O9. The molecule has 0 heterocycles. The Labute approximate surface area is 166 Å². The van der Waals surface area contributed by atoms with Gasteiger partial charge in [0.05, 0.1) is 11.1 Å². The minimum Gasteiger partial charge on any atom is -0.397 e. The van der Waals surface area contributed by atoms with Gasteiger partial charge in [-0.2, -0.15) is 0 Å². The van der Waals surface area contributed by atoms with Crippen molar-refractivity contribution in [2.24, 2.45) is 0 Å². The quantitative estimate of drug-likeness (QED) is 0.478. The minimum atomic E-state index is -2.40. The summed E-state index contributed by atoms with van der Waals surface area (Å²) in [6.07, 6.45) is -4.81. The fraction of sp³-hybridized carbons (Fsp3) is 0.200. The standard InChI is InChI=1S/C18H14O8.C2H6O/c19-13(17(23)25-15(21)11-7-3-1-4-8-11)14(20)18(24)26-16(22)12-9-5-2-6-10-12;1-2-3/h1-10,13-14,19-20H;3H,2H2,1H3. The molecule has 0 amide bonds. The summed E-state index contributed by atoms with van der Waals surface area (Å²) in [4.78, 5) is 46.8. The molecule has 0 aliphatic carbocycles. The van der Waals surface area contributed by atoms with E-state index in [1.807, 2.05) is 0 Å². The van der Waals surface area contributed by atoms with E-state index in [0.29, 0.717) is 0 Å². The first-order valence-electron chi connectivity index (χ1n) is 8.40. The molecule has 0 fully saturated rings. The van der Waals surface area contributed by atoms with Gasteiger partial charge in [0.15, 0.2) is 12.2 Å². The maximum Gasteiger partial charge on any atom is 0.346 e. The van der Waals surface area contributed by atoms with Crippen LogP contribution in [0.3, 0.4) is 0 Å². The van der Waals surface area contributed by atoms with E-state index in [-0.39, 0.29) is 17.7 Å². The molecule has 2 atom stereocenters. The van der Waals surface area contributed by atoms with Crippen LogP contribution in [-0.4, -0.2) is 58.0 Å². The number of rotatable bonds is 5. The van der Waals surface area contributed by atoms with Gasteiger partial charge < -0.3 is 24.8 Å². The van der Waals surface area contributed by atoms with E-state index < -0.39 is 36.1 Å². The highest BCUT2D eigenvalue weighted by atomic mass is 16.6. The van der Waals surface area contributed by atoms with Crippen LogP contribution < -0.4 is 0 Å². The van der Waals surface area contributed by atoms with Crippen LogP contribution >= 0.6 is 0 Å². The minimum absolute atomic E-state index is 0.0318. The van der Waals surface area contributed by atoms with Crippen LogP contribution in [0.15, 0.2) is 60.7 Å². The van der Waals surface area contributed by atoms with Crippen molar-refractivity contribution in [1.29, 1.82) is 0 Å². The Hall–Kier alpha value is -3.40. The number of carbonyl (C=O) groups excluding carboxylic acids is 4. The number of aliphatic hydroxyl groups is 3. The van der Waals surface area contributed by atoms with Crippen molar-refractivity contribution in [3.8, 4) is 0 Å². The fourth-order valence-electron chi connectivity index (χ4n) is 1.83. The summed E-state index contributed by atoms with van der Waals surface area (Å²) in [6.45, 7) is 1.93. The summed E-state index contributed by atoms with van der Waals surface area (Å²) in [5, 5.41) is 26.9. The van der Waals surface area contributed by atoms with Crippen molar-refractivity contribution in [3.63, 3.8) is 0 Å². The van der Waals surface area contributed by atoms with E-state index in [1.165, 1.54) is 48.5 Å². The normalized spacial score (nSPS) is 11.9. The van der Waals surface area contributed by atoms with E-state index >= 15 is 0 Å². The highest BCUT2D eigenvalue weighted by Crippen LogP contribution is 2.07. The Morgan fingerprint density at radius 1 is 0.724 bits per heavy atom. The van der Waals surface area contributed by atoms with Crippen LogP contribution in [0.4, 0.5) is 0 Å². The first kappa shape index (κ1) is 23.6. The Bertz CT molecular complexity index is 749. The number of hydrogen-bond donors (Lipinski definition) is 3. The van der Waals surface area contributed by atoms with Gasteiger partial charge in [0, 0.05) is 6.61 Å². The number of carbonyl (C=O) groups is 4. The fourth-order valence-corrected chi connectivity index (χ4v) is 1.83. The van der Waals surface area contributed by atoms with Gasteiger partial charge in [-0.25, -0.2) is 19.2 Å². The Balaban J connectivity index is 0.00000132. The number of benzene rings is 2. The summed E-state index contributed by atoms with van der Waals surface area (Å²) >= 11 is 0. The molecule has 2 unspecified atom stereocenters. The van der Waals surface area contributed by atoms with Crippen LogP contribution in [-0.2, 0) is 19.1 Å². The largest absolute Gasteiger partial charge is 0.397 e. The maximum absolute atomic E-state index is 11.7. The van der Waals surface area contributed by atoms with Crippen molar-refractivity contribution in [1.82, 2.24) is 0 Å². The van der Waals surface area contributed by atoms with Crippen LogP contribution in [0, 0.1) is 0 Å². The molecule has 0 aromatic heterocycles. The number of ether oxygens (including phenoxy) is 2. The van der Waals surface area contributed by atoms with Crippen LogP contribution in [0.2, 0.25) is 0 Å². The highest BCUT2D eigenvalue weighted by molar-refractivity contribution is 6.01. The first-order valence-corrected chi connectivity index (χ1v) is 8.40. The van der Waals surface area contributed by atoms with Gasteiger partial charge in [-0.15, -0.1) is 0 Å². The third kappa shape index (κ3) is 7.62. The van der Waals surface area contributed by atoms with Crippen molar-refractivity contribution in [2.45, 2.75) is 19.1 Å². The molecule has 154 valence electrons. The molecule has 3 N–H and O–H groups in total. The van der Waals surface area contributed by atoms with Crippen molar-refractivity contribution in [3.05, 3.63) is 71.8 Å². The average molecular weight is 404 g/mol. The zero-order valence-electron chi connectivity index (χ0n) is 15.4. The second kappa shape index (κ2) is 12.1. The van der Waals surface area contributed by atoms with Crippen LogP contribution in [0.25, 0.3) is 0 Å². The van der Waals surface area contributed by atoms with Gasteiger partial charge in [0.25, 0.3) is 0 Å². The Morgan fingerprint density at radius 2 is 1.00 bits per heavy atom. The summed E-state index contributed by atoms with van der Waals surface area (Å²) in [7, 11) is 0. The molecule has 0 radical (unpaired) electrons. The molecule has 0 bridgehead atoms. The molecule has 2 aromatic carbocycles. The lowest BCUT2D eigenvalue weighted by Gasteiger charge is -2.14. The third-order valence-corrected chi connectivity index (χ3v) is 3.19. The zero-order valence-corrected chi connectivity index (χ0v) is 15.4. The molecule has 0 spiro atoms. The highest BCUT2D eigenvalue weighted by Gasteiger charge is 2.35.